The van der Waals surface area contributed by atoms with Crippen molar-refractivity contribution >= 4 is 28.5 Å². The summed E-state index contributed by atoms with van der Waals surface area (Å²) in [5.41, 5.74) is 5.27. The molecular formula is C25H26ClN5. The van der Waals surface area contributed by atoms with Gasteiger partial charge < -0.3 is 14.4 Å². The van der Waals surface area contributed by atoms with E-state index in [2.05, 4.69) is 63.9 Å². The first-order valence-electron chi connectivity index (χ1n) is 10.8. The molecule has 0 atom stereocenters. The van der Waals surface area contributed by atoms with E-state index in [4.69, 9.17) is 21.6 Å². The number of fused-ring (bicyclic) bond motifs is 1. The van der Waals surface area contributed by atoms with Gasteiger partial charge in [-0.2, -0.15) is 0 Å². The lowest BCUT2D eigenvalue weighted by Gasteiger charge is -2.35. The number of aromatic nitrogens is 3. The van der Waals surface area contributed by atoms with Gasteiger partial charge in [-0.3, -0.25) is 0 Å². The van der Waals surface area contributed by atoms with Crippen LogP contribution in [-0.2, 0) is 0 Å². The second-order valence-corrected chi connectivity index (χ2v) is 8.44. The Balaban J connectivity index is 1.71. The quantitative estimate of drug-likeness (QED) is 0.445. The fourth-order valence-electron chi connectivity index (χ4n) is 4.33. The maximum absolute atomic E-state index is 6.46. The molecule has 0 N–H and O–H groups in total. The van der Waals surface area contributed by atoms with Gasteiger partial charge in [0.15, 0.2) is 5.65 Å². The summed E-state index contributed by atoms with van der Waals surface area (Å²) in [5, 5.41) is 1.85. The van der Waals surface area contributed by atoms with Crippen molar-refractivity contribution in [3.63, 3.8) is 0 Å². The topological polar surface area (TPSA) is 37.2 Å². The first kappa shape index (κ1) is 20.0. The molecule has 0 amide bonds. The van der Waals surface area contributed by atoms with Gasteiger partial charge in [0.1, 0.15) is 12.1 Å². The molecule has 158 valence electrons. The lowest BCUT2D eigenvalue weighted by atomic mass is 10.1. The van der Waals surface area contributed by atoms with Crippen LogP contribution in [0.5, 0.6) is 0 Å². The van der Waals surface area contributed by atoms with Crippen LogP contribution < -0.4 is 4.90 Å². The van der Waals surface area contributed by atoms with Crippen molar-refractivity contribution in [2.75, 3.05) is 37.6 Å². The number of benzene rings is 2. The standard InChI is InChI=1S/C25H26ClN5/c1-3-29-11-13-30(14-12-29)24-23-21(19-7-5-4-6-8-19)16-31(25(23)28-17-27-24)20-10-9-18(2)22(26)15-20/h4-10,15-17H,3,11-14H2,1-2H3. The number of halogens is 1. The smallest absolute Gasteiger partial charge is 0.150 e. The summed E-state index contributed by atoms with van der Waals surface area (Å²) in [4.78, 5) is 14.4. The Morgan fingerprint density at radius 1 is 0.968 bits per heavy atom. The monoisotopic (exact) mass is 431 g/mol. The maximum Gasteiger partial charge on any atom is 0.150 e. The summed E-state index contributed by atoms with van der Waals surface area (Å²) in [6.07, 6.45) is 3.85. The molecule has 0 bridgehead atoms. The number of hydrogen-bond donors (Lipinski definition) is 0. The Kier molecular flexibility index (Phi) is 5.38. The molecule has 2 aromatic heterocycles. The number of aryl methyl sites for hydroxylation is 1. The second-order valence-electron chi connectivity index (χ2n) is 8.03. The number of likely N-dealkylation sites (N-methyl/N-ethyl adjacent to an activating group) is 1. The van der Waals surface area contributed by atoms with Crippen molar-refractivity contribution in [2.45, 2.75) is 13.8 Å². The van der Waals surface area contributed by atoms with E-state index >= 15 is 0 Å². The zero-order chi connectivity index (χ0) is 21.4. The zero-order valence-corrected chi connectivity index (χ0v) is 18.7. The van der Waals surface area contributed by atoms with Gasteiger partial charge in [-0.1, -0.05) is 54.9 Å². The number of hydrogen-bond acceptors (Lipinski definition) is 4. The molecule has 3 heterocycles. The Morgan fingerprint density at radius 3 is 2.45 bits per heavy atom. The predicted octanol–water partition coefficient (Wildman–Crippen LogP) is 5.19. The molecule has 5 rings (SSSR count). The molecule has 0 unspecified atom stereocenters. The molecule has 2 aromatic carbocycles. The molecule has 5 nitrogen and oxygen atoms in total. The van der Waals surface area contributed by atoms with E-state index in [0.717, 1.165) is 77.0 Å². The third-order valence-corrected chi connectivity index (χ3v) is 6.61. The largest absolute Gasteiger partial charge is 0.353 e. The number of piperazine rings is 1. The van der Waals surface area contributed by atoms with Gasteiger partial charge in [-0.25, -0.2) is 9.97 Å². The molecule has 31 heavy (non-hydrogen) atoms. The summed E-state index contributed by atoms with van der Waals surface area (Å²) in [6.45, 7) is 9.37. The molecular weight excluding hydrogens is 406 g/mol. The van der Waals surface area contributed by atoms with Crippen LogP contribution in [0, 0.1) is 6.92 Å². The molecule has 1 aliphatic heterocycles. The molecule has 4 aromatic rings. The Bertz CT molecular complexity index is 1210. The van der Waals surface area contributed by atoms with Crippen LogP contribution in [0.4, 0.5) is 5.82 Å². The lowest BCUT2D eigenvalue weighted by molar-refractivity contribution is 0.271. The van der Waals surface area contributed by atoms with Crippen molar-refractivity contribution in [1.29, 1.82) is 0 Å². The van der Waals surface area contributed by atoms with E-state index < -0.39 is 0 Å². The third-order valence-electron chi connectivity index (χ3n) is 6.20. The van der Waals surface area contributed by atoms with Crippen LogP contribution in [-0.4, -0.2) is 52.2 Å². The highest BCUT2D eigenvalue weighted by Gasteiger charge is 2.23. The highest BCUT2D eigenvalue weighted by atomic mass is 35.5. The summed E-state index contributed by atoms with van der Waals surface area (Å²) in [6, 6.07) is 16.6. The van der Waals surface area contributed by atoms with Gasteiger partial charge >= 0.3 is 0 Å². The van der Waals surface area contributed by atoms with Crippen molar-refractivity contribution in [2.24, 2.45) is 0 Å². The average Bonchev–Trinajstić information content (AvgIpc) is 3.21. The van der Waals surface area contributed by atoms with Crippen LogP contribution in [0.15, 0.2) is 61.1 Å². The van der Waals surface area contributed by atoms with Crippen molar-refractivity contribution in [3.8, 4) is 16.8 Å². The normalized spacial score (nSPS) is 15.0. The van der Waals surface area contributed by atoms with E-state index in [9.17, 15) is 0 Å². The minimum Gasteiger partial charge on any atom is -0.353 e. The number of nitrogens with zero attached hydrogens (tertiary/aromatic N) is 5. The molecule has 0 saturated carbocycles. The highest BCUT2D eigenvalue weighted by molar-refractivity contribution is 6.31. The van der Waals surface area contributed by atoms with Crippen molar-refractivity contribution < 1.29 is 0 Å². The van der Waals surface area contributed by atoms with Crippen molar-refractivity contribution in [1.82, 2.24) is 19.4 Å². The molecule has 1 saturated heterocycles. The van der Waals surface area contributed by atoms with E-state index in [-0.39, 0.29) is 0 Å². The van der Waals surface area contributed by atoms with Crippen LogP contribution >= 0.6 is 11.6 Å². The van der Waals surface area contributed by atoms with Gasteiger partial charge in [-0.15, -0.1) is 0 Å². The van der Waals surface area contributed by atoms with Crippen LogP contribution in [0.2, 0.25) is 5.02 Å². The minimum absolute atomic E-state index is 0.755. The maximum atomic E-state index is 6.46. The van der Waals surface area contributed by atoms with Gasteiger partial charge in [0.2, 0.25) is 0 Å². The first-order chi connectivity index (χ1) is 15.2. The molecule has 1 fully saturated rings. The fourth-order valence-corrected chi connectivity index (χ4v) is 4.50. The van der Waals surface area contributed by atoms with Crippen LogP contribution in [0.25, 0.3) is 27.8 Å². The Hall–Kier alpha value is -2.89. The van der Waals surface area contributed by atoms with Gasteiger partial charge in [-0.05, 0) is 36.7 Å². The fraction of sp³-hybridized carbons (Fsp3) is 0.280. The van der Waals surface area contributed by atoms with E-state index in [1.54, 1.807) is 6.33 Å². The highest BCUT2D eigenvalue weighted by Crippen LogP contribution is 2.37. The number of anilines is 1. The zero-order valence-electron chi connectivity index (χ0n) is 17.9. The van der Waals surface area contributed by atoms with Crippen LogP contribution in [0.1, 0.15) is 12.5 Å². The van der Waals surface area contributed by atoms with E-state index in [1.807, 2.05) is 19.1 Å². The summed E-state index contributed by atoms with van der Waals surface area (Å²) >= 11 is 6.46. The summed E-state index contributed by atoms with van der Waals surface area (Å²) < 4.78 is 2.14. The first-order valence-corrected chi connectivity index (χ1v) is 11.2. The second kappa shape index (κ2) is 8.33. The lowest BCUT2D eigenvalue weighted by Crippen LogP contribution is -2.46. The Morgan fingerprint density at radius 2 is 1.74 bits per heavy atom. The third kappa shape index (κ3) is 3.68. The minimum atomic E-state index is 0.755. The van der Waals surface area contributed by atoms with Gasteiger partial charge in [0, 0.05) is 48.6 Å². The van der Waals surface area contributed by atoms with Crippen LogP contribution in [0.3, 0.4) is 0 Å². The molecule has 0 spiro atoms. The Labute approximate surface area is 187 Å². The molecule has 1 aliphatic rings. The molecule has 6 heteroatoms. The van der Waals surface area contributed by atoms with Gasteiger partial charge in [0.05, 0.1) is 5.39 Å². The predicted molar refractivity (Wildman–Crippen MR) is 128 cm³/mol. The summed E-state index contributed by atoms with van der Waals surface area (Å²) in [5.74, 6) is 1.01. The molecule has 0 radical (unpaired) electrons. The van der Waals surface area contributed by atoms with E-state index in [0.29, 0.717) is 0 Å². The SMILES string of the molecule is CCN1CCN(c2ncnc3c2c(-c2ccccc2)cn3-c2ccc(C)c(Cl)c2)CC1. The molecule has 0 aliphatic carbocycles. The summed E-state index contributed by atoms with van der Waals surface area (Å²) in [7, 11) is 0. The number of rotatable bonds is 4. The average molecular weight is 432 g/mol. The van der Waals surface area contributed by atoms with Crippen molar-refractivity contribution in [3.05, 3.63) is 71.6 Å². The van der Waals surface area contributed by atoms with Gasteiger partial charge in [0.25, 0.3) is 0 Å². The van der Waals surface area contributed by atoms with E-state index in [1.165, 1.54) is 0 Å².